The van der Waals surface area contributed by atoms with Crippen molar-refractivity contribution in [1.82, 2.24) is 0 Å². The molecule has 0 aromatic carbocycles. The van der Waals surface area contributed by atoms with Gasteiger partial charge in [0, 0.05) is 6.07 Å². The molecular formula is C9H11O4. The Morgan fingerprint density at radius 2 is 2.38 bits per heavy atom. The van der Waals surface area contributed by atoms with Gasteiger partial charge in [-0.1, -0.05) is 6.92 Å². The van der Waals surface area contributed by atoms with E-state index in [0.29, 0.717) is 0 Å². The molecule has 0 saturated heterocycles. The lowest BCUT2D eigenvalue weighted by Crippen LogP contribution is -2.13. The first-order valence-electron chi connectivity index (χ1n) is 4.10. The summed E-state index contributed by atoms with van der Waals surface area (Å²) in [7, 11) is 0. The summed E-state index contributed by atoms with van der Waals surface area (Å²) in [6, 6.07) is 1.12. The molecule has 0 amide bonds. The molecule has 0 saturated carbocycles. The Hall–Kier alpha value is -1.45. The topological polar surface area (TPSA) is 59.3 Å². The second-order valence-corrected chi connectivity index (χ2v) is 2.77. The lowest BCUT2D eigenvalue weighted by Gasteiger charge is -2.08. The number of ether oxygens (including phenoxy) is 1. The molecule has 1 rings (SSSR count). The predicted octanol–water partition coefficient (Wildman–Crippen LogP) is 2.38. The summed E-state index contributed by atoms with van der Waals surface area (Å²) >= 11 is 0. The van der Waals surface area contributed by atoms with Gasteiger partial charge in [0.2, 0.25) is 11.5 Å². The number of esters is 1. The standard InChI is InChI=1S/C9H11O4/c1-3-6(2)13-9(11)8-4-7(10)5-12-8/h4-6H,3H2,1-2H3. The van der Waals surface area contributed by atoms with Gasteiger partial charge in [0.15, 0.2) is 0 Å². The maximum absolute atomic E-state index is 11.2. The molecule has 1 aromatic rings. The van der Waals surface area contributed by atoms with Crippen LogP contribution in [-0.2, 0) is 9.84 Å². The highest BCUT2D eigenvalue weighted by atomic mass is 16.6. The van der Waals surface area contributed by atoms with Crippen LogP contribution in [0.15, 0.2) is 16.7 Å². The quantitative estimate of drug-likeness (QED) is 0.676. The molecule has 13 heavy (non-hydrogen) atoms. The van der Waals surface area contributed by atoms with Crippen LogP contribution in [0.2, 0.25) is 0 Å². The van der Waals surface area contributed by atoms with E-state index in [1.807, 2.05) is 6.92 Å². The van der Waals surface area contributed by atoms with Crippen LogP contribution in [0.3, 0.4) is 0 Å². The Morgan fingerprint density at radius 3 is 2.85 bits per heavy atom. The Labute approximate surface area is 76.1 Å². The summed E-state index contributed by atoms with van der Waals surface area (Å²) in [5.74, 6) is -0.946. The van der Waals surface area contributed by atoms with Crippen molar-refractivity contribution in [3.63, 3.8) is 0 Å². The SMILES string of the molecule is CCC(C)OC(=O)c1cc([O])co1. The summed E-state index contributed by atoms with van der Waals surface area (Å²) in [4.78, 5) is 11.2. The Balaban J connectivity index is 2.58. The van der Waals surface area contributed by atoms with Gasteiger partial charge in [-0.25, -0.2) is 4.79 Å². The summed E-state index contributed by atoms with van der Waals surface area (Å²) in [6.07, 6.45) is 1.55. The van der Waals surface area contributed by atoms with Crippen molar-refractivity contribution < 1.29 is 19.1 Å². The molecule has 1 unspecified atom stereocenters. The van der Waals surface area contributed by atoms with Gasteiger partial charge in [0.1, 0.15) is 6.26 Å². The second kappa shape index (κ2) is 3.98. The van der Waals surface area contributed by atoms with E-state index < -0.39 is 5.97 Å². The third kappa shape index (κ3) is 2.50. The van der Waals surface area contributed by atoms with Crippen LogP contribution in [-0.4, -0.2) is 12.1 Å². The van der Waals surface area contributed by atoms with Crippen LogP contribution >= 0.6 is 0 Å². The van der Waals surface area contributed by atoms with Crippen molar-refractivity contribution in [3.8, 4) is 5.75 Å². The van der Waals surface area contributed by atoms with E-state index in [-0.39, 0.29) is 17.6 Å². The Morgan fingerprint density at radius 1 is 1.69 bits per heavy atom. The zero-order valence-corrected chi connectivity index (χ0v) is 7.57. The third-order valence-corrected chi connectivity index (χ3v) is 1.66. The van der Waals surface area contributed by atoms with Crippen molar-refractivity contribution in [2.45, 2.75) is 26.4 Å². The maximum atomic E-state index is 11.2. The summed E-state index contributed by atoms with van der Waals surface area (Å²) in [5.41, 5.74) is 0. The van der Waals surface area contributed by atoms with Crippen molar-refractivity contribution in [1.29, 1.82) is 0 Å². The first-order chi connectivity index (χ1) is 6.13. The number of hydrogen-bond acceptors (Lipinski definition) is 3. The lowest BCUT2D eigenvalue weighted by atomic mass is 10.3. The molecule has 4 nitrogen and oxygen atoms in total. The van der Waals surface area contributed by atoms with Gasteiger partial charge in [-0.3, -0.25) is 5.11 Å². The number of carbonyl (C=O) groups excluding carboxylic acids is 1. The van der Waals surface area contributed by atoms with Crippen molar-refractivity contribution in [2.24, 2.45) is 0 Å². The van der Waals surface area contributed by atoms with Gasteiger partial charge in [0.25, 0.3) is 0 Å². The molecule has 0 aliphatic heterocycles. The van der Waals surface area contributed by atoms with Crippen molar-refractivity contribution in [3.05, 3.63) is 18.1 Å². The average Bonchev–Trinajstić information content (AvgIpc) is 2.51. The molecule has 4 heteroatoms. The predicted molar refractivity (Wildman–Crippen MR) is 44.0 cm³/mol. The first kappa shape index (κ1) is 9.64. The highest BCUT2D eigenvalue weighted by Gasteiger charge is 2.15. The molecule has 1 radical (unpaired) electrons. The van der Waals surface area contributed by atoms with Crippen LogP contribution in [0.5, 0.6) is 5.75 Å². The summed E-state index contributed by atoms with van der Waals surface area (Å²) in [5, 5.41) is 10.6. The van der Waals surface area contributed by atoms with Crippen LogP contribution < -0.4 is 0 Å². The molecule has 0 fully saturated rings. The van der Waals surface area contributed by atoms with Crippen LogP contribution in [0.4, 0.5) is 0 Å². The van der Waals surface area contributed by atoms with Gasteiger partial charge in [-0.2, -0.15) is 0 Å². The van der Waals surface area contributed by atoms with E-state index in [1.54, 1.807) is 6.92 Å². The zero-order chi connectivity index (χ0) is 9.84. The van der Waals surface area contributed by atoms with E-state index in [4.69, 9.17) is 4.74 Å². The molecule has 1 heterocycles. The highest BCUT2D eigenvalue weighted by Crippen LogP contribution is 2.16. The van der Waals surface area contributed by atoms with Crippen molar-refractivity contribution in [2.75, 3.05) is 0 Å². The lowest BCUT2D eigenvalue weighted by molar-refractivity contribution is 0.0298. The molecule has 0 aliphatic carbocycles. The molecular weight excluding hydrogens is 172 g/mol. The third-order valence-electron chi connectivity index (χ3n) is 1.66. The molecule has 71 valence electrons. The fourth-order valence-corrected chi connectivity index (χ4v) is 0.750. The Kier molecular flexibility index (Phi) is 2.95. The number of rotatable bonds is 3. The molecule has 1 atom stereocenters. The zero-order valence-electron chi connectivity index (χ0n) is 7.57. The minimum Gasteiger partial charge on any atom is -0.457 e. The fourth-order valence-electron chi connectivity index (χ4n) is 0.750. The molecule has 0 aliphatic rings. The smallest absolute Gasteiger partial charge is 0.374 e. The van der Waals surface area contributed by atoms with Gasteiger partial charge in [-0.05, 0) is 13.3 Å². The number of furan rings is 1. The minimum absolute atomic E-state index is 0.0368. The Bertz CT molecular complexity index is 290. The minimum atomic E-state index is -0.587. The molecule has 0 N–H and O–H groups in total. The van der Waals surface area contributed by atoms with E-state index >= 15 is 0 Å². The van der Waals surface area contributed by atoms with Crippen LogP contribution in [0.1, 0.15) is 30.8 Å². The van der Waals surface area contributed by atoms with Crippen LogP contribution in [0, 0.1) is 0 Å². The summed E-state index contributed by atoms with van der Waals surface area (Å²) < 4.78 is 9.61. The van der Waals surface area contributed by atoms with E-state index in [0.717, 1.165) is 18.8 Å². The van der Waals surface area contributed by atoms with Gasteiger partial charge in [0.05, 0.1) is 6.10 Å². The van der Waals surface area contributed by atoms with Crippen LogP contribution in [0.25, 0.3) is 0 Å². The van der Waals surface area contributed by atoms with Gasteiger partial charge >= 0.3 is 5.97 Å². The molecule has 1 aromatic heterocycles. The van der Waals surface area contributed by atoms with Gasteiger partial charge in [-0.15, -0.1) is 0 Å². The number of hydrogen-bond donors (Lipinski definition) is 0. The first-order valence-corrected chi connectivity index (χ1v) is 4.10. The van der Waals surface area contributed by atoms with E-state index in [9.17, 15) is 9.90 Å². The maximum Gasteiger partial charge on any atom is 0.374 e. The monoisotopic (exact) mass is 183 g/mol. The average molecular weight is 183 g/mol. The molecule has 0 spiro atoms. The van der Waals surface area contributed by atoms with Gasteiger partial charge < -0.3 is 9.15 Å². The normalized spacial score (nSPS) is 12.5. The molecule has 0 bridgehead atoms. The largest absolute Gasteiger partial charge is 0.457 e. The van der Waals surface area contributed by atoms with Crippen molar-refractivity contribution >= 4 is 5.97 Å². The van der Waals surface area contributed by atoms with E-state index in [1.165, 1.54) is 0 Å². The second-order valence-electron chi connectivity index (χ2n) is 2.77. The summed E-state index contributed by atoms with van der Waals surface area (Å²) in [6.45, 7) is 3.68. The highest BCUT2D eigenvalue weighted by molar-refractivity contribution is 5.86. The fraction of sp³-hybridized carbons (Fsp3) is 0.444. The number of carbonyl (C=O) groups is 1. The van der Waals surface area contributed by atoms with E-state index in [2.05, 4.69) is 4.42 Å².